The SMILES string of the molecule is CCCC(N)CCCC/C=C\CCCCCCCC=CCO. The summed E-state index contributed by atoms with van der Waals surface area (Å²) in [5.41, 5.74) is 6.01. The maximum absolute atomic E-state index is 8.60. The Morgan fingerprint density at radius 2 is 1.23 bits per heavy atom. The number of hydrogen-bond donors (Lipinski definition) is 2. The molecule has 0 aliphatic rings. The van der Waals surface area contributed by atoms with E-state index < -0.39 is 0 Å². The minimum Gasteiger partial charge on any atom is -0.392 e. The van der Waals surface area contributed by atoms with Crippen LogP contribution in [0.5, 0.6) is 0 Å². The zero-order valence-electron chi connectivity index (χ0n) is 14.8. The summed E-state index contributed by atoms with van der Waals surface area (Å²) in [5, 5.41) is 8.60. The Hall–Kier alpha value is -0.600. The van der Waals surface area contributed by atoms with Crippen molar-refractivity contribution in [2.24, 2.45) is 5.73 Å². The molecule has 0 rings (SSSR count). The highest BCUT2D eigenvalue weighted by molar-refractivity contribution is 4.82. The first-order valence-electron chi connectivity index (χ1n) is 9.47. The van der Waals surface area contributed by atoms with Crippen molar-refractivity contribution in [2.75, 3.05) is 6.61 Å². The van der Waals surface area contributed by atoms with Crippen LogP contribution in [0.2, 0.25) is 0 Å². The van der Waals surface area contributed by atoms with Crippen LogP contribution in [-0.4, -0.2) is 17.8 Å². The summed E-state index contributed by atoms with van der Waals surface area (Å²) in [6.45, 7) is 2.38. The van der Waals surface area contributed by atoms with Crippen molar-refractivity contribution in [3.63, 3.8) is 0 Å². The van der Waals surface area contributed by atoms with Gasteiger partial charge in [0, 0.05) is 6.04 Å². The van der Waals surface area contributed by atoms with E-state index >= 15 is 0 Å². The summed E-state index contributed by atoms with van der Waals surface area (Å²) >= 11 is 0. The van der Waals surface area contributed by atoms with E-state index in [-0.39, 0.29) is 6.61 Å². The van der Waals surface area contributed by atoms with E-state index in [9.17, 15) is 0 Å². The topological polar surface area (TPSA) is 46.2 Å². The molecule has 0 saturated heterocycles. The second-order valence-corrected chi connectivity index (χ2v) is 6.30. The van der Waals surface area contributed by atoms with Crippen LogP contribution in [0.1, 0.15) is 90.4 Å². The van der Waals surface area contributed by atoms with Crippen LogP contribution in [-0.2, 0) is 0 Å². The molecule has 2 heteroatoms. The van der Waals surface area contributed by atoms with Gasteiger partial charge in [-0.25, -0.2) is 0 Å². The predicted octanol–water partition coefficient (Wildman–Crippen LogP) is 5.51. The molecule has 130 valence electrons. The van der Waals surface area contributed by atoms with Crippen LogP contribution in [0.3, 0.4) is 0 Å². The van der Waals surface area contributed by atoms with Crippen molar-refractivity contribution < 1.29 is 5.11 Å². The third kappa shape index (κ3) is 17.5. The molecule has 0 aliphatic heterocycles. The Morgan fingerprint density at radius 1 is 0.727 bits per heavy atom. The standard InChI is InChI=1S/C20H39NO/c1-2-17-20(21)18-15-13-11-9-7-5-3-4-6-8-10-12-14-16-19-22/h7,9,14,16,20,22H,2-6,8,10-13,15,17-19,21H2,1H3/b9-7-,16-14?. The van der Waals surface area contributed by atoms with E-state index in [1.165, 1.54) is 77.0 Å². The highest BCUT2D eigenvalue weighted by Gasteiger charge is 1.99. The molecule has 0 aliphatic carbocycles. The highest BCUT2D eigenvalue weighted by Crippen LogP contribution is 2.09. The number of allylic oxidation sites excluding steroid dienone is 3. The average molecular weight is 310 g/mol. The lowest BCUT2D eigenvalue weighted by atomic mass is 10.0. The molecule has 0 fully saturated rings. The van der Waals surface area contributed by atoms with E-state index in [1.807, 2.05) is 6.08 Å². The van der Waals surface area contributed by atoms with Crippen LogP contribution in [0.25, 0.3) is 0 Å². The maximum Gasteiger partial charge on any atom is 0.0612 e. The summed E-state index contributed by atoms with van der Waals surface area (Å²) < 4.78 is 0. The van der Waals surface area contributed by atoms with Crippen molar-refractivity contribution >= 4 is 0 Å². The van der Waals surface area contributed by atoms with Gasteiger partial charge in [0.25, 0.3) is 0 Å². The zero-order valence-corrected chi connectivity index (χ0v) is 14.8. The van der Waals surface area contributed by atoms with E-state index in [2.05, 4.69) is 25.2 Å². The molecule has 1 unspecified atom stereocenters. The lowest BCUT2D eigenvalue weighted by Crippen LogP contribution is -2.18. The Balaban J connectivity index is 3.16. The molecule has 0 spiro atoms. The number of aliphatic hydroxyl groups excluding tert-OH is 1. The number of rotatable bonds is 16. The van der Waals surface area contributed by atoms with Gasteiger partial charge in [0.1, 0.15) is 0 Å². The number of nitrogens with two attached hydrogens (primary N) is 1. The first-order chi connectivity index (χ1) is 10.8. The fraction of sp³-hybridized carbons (Fsp3) is 0.800. The first-order valence-corrected chi connectivity index (χ1v) is 9.47. The van der Waals surface area contributed by atoms with Crippen molar-refractivity contribution in [1.82, 2.24) is 0 Å². The second-order valence-electron chi connectivity index (χ2n) is 6.30. The molecule has 1 atom stereocenters. The van der Waals surface area contributed by atoms with Crippen LogP contribution in [0, 0.1) is 0 Å². The van der Waals surface area contributed by atoms with Gasteiger partial charge in [0.05, 0.1) is 6.61 Å². The molecule has 0 aromatic carbocycles. The molecule has 0 radical (unpaired) electrons. The van der Waals surface area contributed by atoms with Crippen molar-refractivity contribution in [3.8, 4) is 0 Å². The van der Waals surface area contributed by atoms with E-state index in [1.54, 1.807) is 0 Å². The van der Waals surface area contributed by atoms with Gasteiger partial charge < -0.3 is 10.8 Å². The van der Waals surface area contributed by atoms with Crippen LogP contribution >= 0.6 is 0 Å². The van der Waals surface area contributed by atoms with E-state index in [0.29, 0.717) is 6.04 Å². The average Bonchev–Trinajstić information content (AvgIpc) is 2.51. The number of unbranched alkanes of at least 4 members (excludes halogenated alkanes) is 8. The van der Waals surface area contributed by atoms with Gasteiger partial charge in [0.2, 0.25) is 0 Å². The van der Waals surface area contributed by atoms with Gasteiger partial charge in [-0.15, -0.1) is 0 Å². The summed E-state index contributed by atoms with van der Waals surface area (Å²) in [6.07, 6.45) is 24.9. The van der Waals surface area contributed by atoms with Crippen molar-refractivity contribution in [2.45, 2.75) is 96.4 Å². The smallest absolute Gasteiger partial charge is 0.0612 e. The van der Waals surface area contributed by atoms with Crippen molar-refractivity contribution in [3.05, 3.63) is 24.3 Å². The fourth-order valence-corrected chi connectivity index (χ4v) is 2.67. The quantitative estimate of drug-likeness (QED) is 0.292. The summed E-state index contributed by atoms with van der Waals surface area (Å²) in [5.74, 6) is 0. The van der Waals surface area contributed by atoms with E-state index in [4.69, 9.17) is 10.8 Å². The number of hydrogen-bond acceptors (Lipinski definition) is 2. The Kier molecular flexibility index (Phi) is 17.9. The van der Waals surface area contributed by atoms with Gasteiger partial charge in [-0.3, -0.25) is 0 Å². The summed E-state index contributed by atoms with van der Waals surface area (Å²) in [4.78, 5) is 0. The Bertz CT molecular complexity index is 260. The molecule has 0 heterocycles. The molecule has 0 bridgehead atoms. The summed E-state index contributed by atoms with van der Waals surface area (Å²) in [7, 11) is 0. The minimum absolute atomic E-state index is 0.178. The van der Waals surface area contributed by atoms with Gasteiger partial charge in [-0.2, -0.15) is 0 Å². The van der Waals surface area contributed by atoms with Gasteiger partial charge >= 0.3 is 0 Å². The monoisotopic (exact) mass is 309 g/mol. The first kappa shape index (κ1) is 21.4. The molecule has 3 N–H and O–H groups in total. The minimum atomic E-state index is 0.178. The van der Waals surface area contributed by atoms with Gasteiger partial charge in [0.15, 0.2) is 0 Å². The second kappa shape index (κ2) is 18.4. The van der Waals surface area contributed by atoms with Crippen LogP contribution in [0.4, 0.5) is 0 Å². The molecule has 0 saturated carbocycles. The van der Waals surface area contributed by atoms with Crippen LogP contribution in [0.15, 0.2) is 24.3 Å². The lowest BCUT2D eigenvalue weighted by Gasteiger charge is -2.08. The normalized spacial score (nSPS) is 13.4. The zero-order chi connectivity index (χ0) is 16.3. The molecular weight excluding hydrogens is 270 g/mol. The molecule has 2 nitrogen and oxygen atoms in total. The fourth-order valence-electron chi connectivity index (χ4n) is 2.67. The summed E-state index contributed by atoms with van der Waals surface area (Å²) in [6, 6.07) is 0.424. The van der Waals surface area contributed by atoms with Crippen molar-refractivity contribution in [1.29, 1.82) is 0 Å². The third-order valence-electron chi connectivity index (χ3n) is 4.04. The Labute approximate surface area is 138 Å². The largest absolute Gasteiger partial charge is 0.392 e. The maximum atomic E-state index is 8.60. The molecular formula is C20H39NO. The predicted molar refractivity (Wildman–Crippen MR) is 99.0 cm³/mol. The Morgan fingerprint density at radius 3 is 1.77 bits per heavy atom. The molecule has 22 heavy (non-hydrogen) atoms. The lowest BCUT2D eigenvalue weighted by molar-refractivity contribution is 0.342. The van der Waals surface area contributed by atoms with Gasteiger partial charge in [-0.1, -0.05) is 63.3 Å². The number of aliphatic hydroxyl groups is 1. The molecule has 0 amide bonds. The van der Waals surface area contributed by atoms with E-state index in [0.717, 1.165) is 6.42 Å². The molecule has 0 aromatic rings. The van der Waals surface area contributed by atoms with Gasteiger partial charge in [-0.05, 0) is 51.4 Å². The third-order valence-corrected chi connectivity index (χ3v) is 4.04. The van der Waals surface area contributed by atoms with Crippen LogP contribution < -0.4 is 5.73 Å². The molecule has 0 aromatic heterocycles. The highest BCUT2D eigenvalue weighted by atomic mass is 16.2.